The number of aromatic amines is 1. The average molecular weight is 453 g/mol. The first-order valence-corrected chi connectivity index (χ1v) is 11.1. The van der Waals surface area contributed by atoms with Crippen LogP contribution in [0.5, 0.6) is 0 Å². The topological polar surface area (TPSA) is 94.0 Å². The Kier molecular flexibility index (Phi) is 5.73. The van der Waals surface area contributed by atoms with E-state index in [4.69, 9.17) is 0 Å². The second kappa shape index (κ2) is 8.99. The molecule has 0 fully saturated rings. The third-order valence-electron chi connectivity index (χ3n) is 5.95. The van der Waals surface area contributed by atoms with E-state index < -0.39 is 5.92 Å². The molecule has 1 N–H and O–H groups in total. The minimum atomic E-state index is -0.400. The lowest BCUT2D eigenvalue weighted by Crippen LogP contribution is -2.37. The van der Waals surface area contributed by atoms with E-state index in [2.05, 4.69) is 20.4 Å². The molecule has 0 radical (unpaired) electrons. The normalized spacial score (nSPS) is 17.0. The number of hydrogen-bond donors (Lipinski definition) is 1. The first-order valence-electron chi connectivity index (χ1n) is 11.1. The number of azo groups is 1. The van der Waals surface area contributed by atoms with Gasteiger partial charge in [-0.15, -0.1) is 10.2 Å². The Bertz CT molecular complexity index is 1380. The van der Waals surface area contributed by atoms with Gasteiger partial charge in [0.25, 0.3) is 11.8 Å². The second-order valence-electron chi connectivity index (χ2n) is 8.49. The van der Waals surface area contributed by atoms with Crippen molar-refractivity contribution in [3.63, 3.8) is 0 Å². The minimum absolute atomic E-state index is 0.169. The number of carbonyl (C=O) groups excluding carboxylic acids is 2. The van der Waals surface area contributed by atoms with Crippen LogP contribution in [0.4, 0.5) is 5.69 Å². The van der Waals surface area contributed by atoms with Gasteiger partial charge < -0.3 is 9.80 Å². The van der Waals surface area contributed by atoms with Crippen LogP contribution in [0.2, 0.25) is 0 Å². The molecular formula is C26H24N6O2. The average Bonchev–Trinajstić information content (AvgIpc) is 3.29. The molecule has 2 aliphatic rings. The molecule has 1 aliphatic carbocycles. The van der Waals surface area contributed by atoms with Crippen LogP contribution >= 0.6 is 0 Å². The van der Waals surface area contributed by atoms with Crippen LogP contribution in [0, 0.1) is 5.92 Å². The molecule has 0 saturated heterocycles. The summed E-state index contributed by atoms with van der Waals surface area (Å²) in [5.41, 5.74) is 4.31. The van der Waals surface area contributed by atoms with Crippen molar-refractivity contribution in [3.8, 4) is 0 Å². The number of para-hydroxylation sites is 1. The molecule has 0 saturated carbocycles. The van der Waals surface area contributed by atoms with E-state index in [0.717, 1.165) is 27.7 Å². The van der Waals surface area contributed by atoms with Gasteiger partial charge in [0.15, 0.2) is 5.69 Å². The van der Waals surface area contributed by atoms with Crippen LogP contribution in [-0.2, 0) is 4.79 Å². The van der Waals surface area contributed by atoms with Crippen LogP contribution in [0.15, 0.2) is 88.6 Å². The van der Waals surface area contributed by atoms with Gasteiger partial charge in [0.05, 0.1) is 17.1 Å². The molecule has 1 aliphatic heterocycles. The summed E-state index contributed by atoms with van der Waals surface area (Å²) < 4.78 is 0. The Morgan fingerprint density at radius 2 is 1.79 bits per heavy atom. The van der Waals surface area contributed by atoms with E-state index in [9.17, 15) is 9.59 Å². The number of amides is 2. The van der Waals surface area contributed by atoms with Gasteiger partial charge in [-0.1, -0.05) is 54.6 Å². The zero-order valence-electron chi connectivity index (χ0n) is 19.0. The SMILES string of the molecule is CN(C)CCN(C(=O)c1n[nH]c2ccccc12)c1ccc(C2=C3C=CC=CC3C(=O)N=N2)cc1. The first-order chi connectivity index (χ1) is 16.5. The predicted molar refractivity (Wildman–Crippen MR) is 131 cm³/mol. The number of hydrogen-bond acceptors (Lipinski definition) is 5. The summed E-state index contributed by atoms with van der Waals surface area (Å²) in [7, 11) is 3.95. The molecule has 2 heterocycles. The summed E-state index contributed by atoms with van der Waals surface area (Å²) in [6, 6.07) is 15.2. The maximum atomic E-state index is 13.6. The van der Waals surface area contributed by atoms with Gasteiger partial charge in [-0.2, -0.15) is 5.10 Å². The lowest BCUT2D eigenvalue weighted by atomic mass is 9.89. The minimum Gasteiger partial charge on any atom is -0.308 e. The van der Waals surface area contributed by atoms with E-state index >= 15 is 0 Å². The molecule has 1 unspecified atom stereocenters. The highest BCUT2D eigenvalue weighted by molar-refractivity contribution is 6.12. The summed E-state index contributed by atoms with van der Waals surface area (Å²) in [6.45, 7) is 1.20. The first kappa shape index (κ1) is 21.7. The molecule has 1 atom stereocenters. The van der Waals surface area contributed by atoms with E-state index in [1.807, 2.05) is 91.8 Å². The Balaban J connectivity index is 1.49. The van der Waals surface area contributed by atoms with E-state index in [1.54, 1.807) is 4.90 Å². The van der Waals surface area contributed by atoms with Crippen LogP contribution in [0.3, 0.4) is 0 Å². The molecule has 8 heteroatoms. The predicted octanol–water partition coefficient (Wildman–Crippen LogP) is 4.22. The highest BCUT2D eigenvalue weighted by Crippen LogP contribution is 2.34. The molecule has 8 nitrogen and oxygen atoms in total. The van der Waals surface area contributed by atoms with Crippen LogP contribution in [-0.4, -0.2) is 54.1 Å². The van der Waals surface area contributed by atoms with Crippen LogP contribution in [0.25, 0.3) is 16.6 Å². The quantitative estimate of drug-likeness (QED) is 0.606. The summed E-state index contributed by atoms with van der Waals surface area (Å²) in [5, 5.41) is 16.0. The van der Waals surface area contributed by atoms with Crippen molar-refractivity contribution in [1.82, 2.24) is 15.1 Å². The Morgan fingerprint density at radius 1 is 1.00 bits per heavy atom. The Morgan fingerprint density at radius 3 is 2.59 bits per heavy atom. The second-order valence-corrected chi connectivity index (χ2v) is 8.49. The summed E-state index contributed by atoms with van der Waals surface area (Å²) >= 11 is 0. The molecule has 0 spiro atoms. The van der Waals surface area contributed by atoms with E-state index in [0.29, 0.717) is 24.5 Å². The van der Waals surface area contributed by atoms with Gasteiger partial charge in [-0.25, -0.2) is 0 Å². The van der Waals surface area contributed by atoms with Gasteiger partial charge >= 0.3 is 0 Å². The summed E-state index contributed by atoms with van der Waals surface area (Å²) in [5.74, 6) is -0.830. The number of fused-ring (bicyclic) bond motifs is 2. The number of nitrogens with zero attached hydrogens (tertiary/aromatic N) is 5. The number of carbonyl (C=O) groups is 2. The molecular weight excluding hydrogens is 428 g/mol. The van der Waals surface area contributed by atoms with Gasteiger partial charge in [-0.05, 0) is 37.9 Å². The number of benzene rings is 2. The van der Waals surface area contributed by atoms with Crippen molar-refractivity contribution in [2.75, 3.05) is 32.1 Å². The standard InChI is InChI=1S/C26H24N6O2/c1-31(2)15-16-32(26(34)24-21-9-5-6-10-22(21)27-29-24)18-13-11-17(12-14-18)23-19-7-3-4-8-20(19)25(33)30-28-23/h3-14,20H,15-16H2,1-2H3,(H,27,29). The van der Waals surface area contributed by atoms with Gasteiger partial charge in [0.1, 0.15) is 0 Å². The fourth-order valence-electron chi connectivity index (χ4n) is 4.13. The highest BCUT2D eigenvalue weighted by Gasteiger charge is 2.28. The van der Waals surface area contributed by atoms with E-state index in [1.165, 1.54) is 0 Å². The maximum Gasteiger partial charge on any atom is 0.279 e. The lowest BCUT2D eigenvalue weighted by molar-refractivity contribution is -0.119. The van der Waals surface area contributed by atoms with Gasteiger partial charge in [0, 0.05) is 29.7 Å². The number of anilines is 1. The number of nitrogens with one attached hydrogen (secondary N) is 1. The van der Waals surface area contributed by atoms with Crippen LogP contribution in [0.1, 0.15) is 16.1 Å². The van der Waals surface area contributed by atoms with E-state index in [-0.39, 0.29) is 11.8 Å². The van der Waals surface area contributed by atoms with Crippen molar-refractivity contribution in [2.24, 2.45) is 16.1 Å². The number of H-pyrrole nitrogens is 1. The Hall–Kier alpha value is -4.17. The number of aromatic nitrogens is 2. The third-order valence-corrected chi connectivity index (χ3v) is 5.95. The molecule has 34 heavy (non-hydrogen) atoms. The lowest BCUT2D eigenvalue weighted by Gasteiger charge is -2.24. The zero-order valence-corrected chi connectivity index (χ0v) is 19.0. The molecule has 2 aromatic carbocycles. The molecule has 170 valence electrons. The maximum absolute atomic E-state index is 13.6. The smallest absolute Gasteiger partial charge is 0.279 e. The largest absolute Gasteiger partial charge is 0.308 e. The third kappa shape index (κ3) is 3.99. The summed E-state index contributed by atoms with van der Waals surface area (Å²) in [4.78, 5) is 29.5. The van der Waals surface area contributed by atoms with Crippen LogP contribution < -0.4 is 4.90 Å². The molecule has 2 amide bonds. The monoisotopic (exact) mass is 452 g/mol. The van der Waals surface area contributed by atoms with Crippen molar-refractivity contribution in [2.45, 2.75) is 0 Å². The van der Waals surface area contributed by atoms with Crippen molar-refractivity contribution in [3.05, 3.63) is 89.7 Å². The number of allylic oxidation sites excluding steroid dienone is 3. The van der Waals surface area contributed by atoms with Crippen molar-refractivity contribution in [1.29, 1.82) is 0 Å². The van der Waals surface area contributed by atoms with Gasteiger partial charge in [-0.3, -0.25) is 14.7 Å². The summed E-state index contributed by atoms with van der Waals surface area (Å²) in [6.07, 6.45) is 7.48. The fourth-order valence-corrected chi connectivity index (χ4v) is 4.13. The molecule has 5 rings (SSSR count). The molecule has 0 bridgehead atoms. The van der Waals surface area contributed by atoms with Crippen molar-refractivity contribution < 1.29 is 9.59 Å². The number of likely N-dealkylation sites (N-methyl/N-ethyl adjacent to an activating group) is 1. The molecule has 1 aromatic heterocycles. The fraction of sp³-hybridized carbons (Fsp3) is 0.192. The number of rotatable bonds is 6. The zero-order chi connectivity index (χ0) is 23.7. The molecule has 3 aromatic rings. The van der Waals surface area contributed by atoms with Gasteiger partial charge in [0.2, 0.25) is 0 Å². The Labute approximate surface area is 197 Å². The highest BCUT2D eigenvalue weighted by atomic mass is 16.2. The van der Waals surface area contributed by atoms with Crippen molar-refractivity contribution >= 4 is 34.1 Å².